The highest BCUT2D eigenvalue weighted by Gasteiger charge is 2.34. The minimum absolute atomic E-state index is 0.405. The third-order valence-electron chi connectivity index (χ3n) is 4.61. The Bertz CT molecular complexity index is 607. The van der Waals surface area contributed by atoms with Crippen molar-refractivity contribution in [1.29, 1.82) is 0 Å². The Labute approximate surface area is 164 Å². The van der Waals surface area contributed by atoms with Gasteiger partial charge in [0.1, 0.15) is 32.1 Å². The Morgan fingerprint density at radius 3 is 2.21 bits per heavy atom. The second-order valence-electron chi connectivity index (χ2n) is 7.03. The molecule has 1 aromatic rings. The molecule has 0 bridgehead atoms. The third-order valence-corrected chi connectivity index (χ3v) is 12.6. The fourth-order valence-corrected chi connectivity index (χ4v) is 8.48. The van der Waals surface area contributed by atoms with Crippen molar-refractivity contribution in [3.05, 3.63) is 21.4 Å². The largest absolute Gasteiger partial charge is 0.591 e. The van der Waals surface area contributed by atoms with Crippen LogP contribution >= 0.6 is 27.5 Å². The molecular weight excluding hydrogens is 424 g/mol. The van der Waals surface area contributed by atoms with Crippen LogP contribution in [0.4, 0.5) is 0 Å². The van der Waals surface area contributed by atoms with E-state index in [0.717, 1.165) is 22.7 Å². The van der Waals surface area contributed by atoms with Gasteiger partial charge < -0.3 is 4.55 Å². The van der Waals surface area contributed by atoms with Gasteiger partial charge in [-0.1, -0.05) is 54.9 Å². The summed E-state index contributed by atoms with van der Waals surface area (Å²) in [5.74, 6) is 0. The predicted molar refractivity (Wildman–Crippen MR) is 114 cm³/mol. The number of hydrogen-bond acceptors (Lipinski definition) is 3. The first-order valence-electron chi connectivity index (χ1n) is 8.36. The van der Waals surface area contributed by atoms with Gasteiger partial charge >= 0.3 is 0 Å². The van der Waals surface area contributed by atoms with Gasteiger partial charge in [0.05, 0.1) is 13.1 Å². The third kappa shape index (κ3) is 4.85. The molecule has 136 valence electrons. The van der Waals surface area contributed by atoms with Crippen LogP contribution in [0.2, 0.25) is 23.2 Å². The molecule has 1 heterocycles. The molecular formula is C17H28BrClN2OSSi. The fraction of sp³-hybridized carbons (Fsp3) is 0.647. The van der Waals surface area contributed by atoms with Gasteiger partial charge in [0.2, 0.25) is 0 Å². The van der Waals surface area contributed by atoms with Crippen LogP contribution < -0.4 is 5.19 Å². The van der Waals surface area contributed by atoms with Gasteiger partial charge in [-0.15, -0.1) is 0 Å². The summed E-state index contributed by atoms with van der Waals surface area (Å²) in [7, 11) is -1.66. The Morgan fingerprint density at radius 2 is 1.79 bits per heavy atom. The molecule has 0 saturated heterocycles. The van der Waals surface area contributed by atoms with Crippen molar-refractivity contribution in [2.75, 3.05) is 0 Å². The maximum absolute atomic E-state index is 12.3. The van der Waals surface area contributed by atoms with Crippen LogP contribution in [0.1, 0.15) is 54.2 Å². The normalized spacial score (nSPS) is 14.8. The molecule has 0 aliphatic rings. The van der Waals surface area contributed by atoms with E-state index < -0.39 is 24.2 Å². The summed E-state index contributed by atoms with van der Waals surface area (Å²) in [6, 6.07) is 5.49. The summed E-state index contributed by atoms with van der Waals surface area (Å²) in [5.41, 5.74) is 1.27. The molecule has 0 aliphatic heterocycles. The number of hydrogen-bond donors (Lipinski definition) is 0. The van der Waals surface area contributed by atoms with Gasteiger partial charge in [-0.05, 0) is 54.9 Å². The first-order valence-corrected chi connectivity index (χ1v) is 13.3. The highest BCUT2D eigenvalue weighted by atomic mass is 79.9. The van der Waals surface area contributed by atoms with Gasteiger partial charge in [0.15, 0.2) is 0 Å². The molecule has 3 nitrogen and oxygen atoms in total. The zero-order valence-electron chi connectivity index (χ0n) is 15.7. The predicted octanol–water partition coefficient (Wildman–Crippen LogP) is 5.48. The minimum atomic E-state index is -1.66. The summed E-state index contributed by atoms with van der Waals surface area (Å²) >= 11 is 8.96. The highest BCUT2D eigenvalue weighted by Crippen LogP contribution is 2.28. The van der Waals surface area contributed by atoms with Gasteiger partial charge in [0.25, 0.3) is 0 Å². The Kier molecular flexibility index (Phi) is 8.00. The number of nitrogens with zero attached hydrogens (tertiary/aromatic N) is 2. The second kappa shape index (κ2) is 8.67. The number of aromatic nitrogens is 1. The SMILES string of the molecule is CC[Si](CC)(CC)c1cc(Br)nc(C(C)=N[S+]([O-])C(C)(C)C)c1Cl. The molecule has 1 aromatic heterocycles. The summed E-state index contributed by atoms with van der Waals surface area (Å²) in [4.78, 5) is 4.53. The van der Waals surface area contributed by atoms with E-state index in [2.05, 4.69) is 52.1 Å². The summed E-state index contributed by atoms with van der Waals surface area (Å²) in [5, 5.41) is 1.91. The van der Waals surface area contributed by atoms with Crippen LogP contribution in [0, 0.1) is 0 Å². The molecule has 1 atom stereocenters. The zero-order chi connectivity index (χ0) is 18.7. The van der Waals surface area contributed by atoms with Crippen LogP contribution in [-0.4, -0.2) is 28.1 Å². The topological polar surface area (TPSA) is 48.3 Å². The van der Waals surface area contributed by atoms with Gasteiger partial charge in [-0.3, -0.25) is 0 Å². The maximum Gasteiger partial charge on any atom is 0.144 e. The van der Waals surface area contributed by atoms with Crippen LogP contribution in [-0.2, 0) is 11.4 Å². The molecule has 7 heteroatoms. The molecule has 0 aromatic carbocycles. The van der Waals surface area contributed by atoms with E-state index in [1.807, 2.05) is 27.7 Å². The zero-order valence-corrected chi connectivity index (χ0v) is 19.8. The Morgan fingerprint density at radius 1 is 1.29 bits per heavy atom. The van der Waals surface area contributed by atoms with E-state index in [0.29, 0.717) is 16.4 Å². The van der Waals surface area contributed by atoms with Crippen molar-refractivity contribution >= 4 is 57.9 Å². The maximum atomic E-state index is 12.3. The van der Waals surface area contributed by atoms with Crippen molar-refractivity contribution in [1.82, 2.24) is 4.98 Å². The molecule has 1 rings (SSSR count). The first kappa shape index (κ1) is 22.2. The summed E-state index contributed by atoms with van der Waals surface area (Å²) < 4.78 is 17.1. The minimum Gasteiger partial charge on any atom is -0.591 e. The van der Waals surface area contributed by atoms with Crippen molar-refractivity contribution in [3.63, 3.8) is 0 Å². The number of halogens is 2. The molecule has 0 radical (unpaired) electrons. The molecule has 0 aliphatic carbocycles. The molecule has 0 amide bonds. The smallest absolute Gasteiger partial charge is 0.144 e. The Balaban J connectivity index is 3.51. The monoisotopic (exact) mass is 450 g/mol. The molecule has 1 unspecified atom stereocenters. The number of pyridine rings is 1. The summed E-state index contributed by atoms with van der Waals surface area (Å²) in [6.45, 7) is 14.3. The van der Waals surface area contributed by atoms with Gasteiger partial charge in [-0.25, -0.2) is 4.98 Å². The van der Waals surface area contributed by atoms with Gasteiger partial charge in [-0.2, -0.15) is 0 Å². The highest BCUT2D eigenvalue weighted by molar-refractivity contribution is 9.10. The van der Waals surface area contributed by atoms with Crippen molar-refractivity contribution < 1.29 is 4.55 Å². The standard InChI is InChI=1S/C17H28BrClN2OSSi/c1-8-24(9-2,10-3)13-11-14(18)20-16(15(13)19)12(4)21-23(22)17(5,6)7/h11H,8-10H2,1-7H3. The molecule has 0 fully saturated rings. The lowest BCUT2D eigenvalue weighted by Crippen LogP contribution is -2.47. The second-order valence-corrected chi connectivity index (χ2v) is 15.4. The van der Waals surface area contributed by atoms with E-state index >= 15 is 0 Å². The fourth-order valence-electron chi connectivity index (χ4n) is 2.75. The quantitative estimate of drug-likeness (QED) is 0.249. The molecule has 24 heavy (non-hydrogen) atoms. The molecule has 0 saturated carbocycles. The lowest BCUT2D eigenvalue weighted by Gasteiger charge is -2.30. The van der Waals surface area contributed by atoms with Gasteiger partial charge in [0, 0.05) is 0 Å². The molecule has 0 spiro atoms. The van der Waals surface area contributed by atoms with E-state index in [1.54, 1.807) is 0 Å². The van der Waals surface area contributed by atoms with Crippen LogP contribution in [0.25, 0.3) is 0 Å². The van der Waals surface area contributed by atoms with Crippen LogP contribution in [0.5, 0.6) is 0 Å². The van der Waals surface area contributed by atoms with Crippen molar-refractivity contribution in [3.8, 4) is 0 Å². The Hall–Kier alpha value is 0.117. The first-order chi connectivity index (χ1) is 11.0. The number of rotatable bonds is 6. The van der Waals surface area contributed by atoms with Crippen molar-refractivity contribution in [2.45, 2.75) is 71.3 Å². The van der Waals surface area contributed by atoms with E-state index in [1.165, 1.54) is 5.19 Å². The van der Waals surface area contributed by atoms with E-state index in [-0.39, 0.29) is 0 Å². The van der Waals surface area contributed by atoms with E-state index in [4.69, 9.17) is 11.6 Å². The lowest BCUT2D eigenvalue weighted by molar-refractivity contribution is 0.561. The lowest BCUT2D eigenvalue weighted by atomic mass is 10.2. The average molecular weight is 452 g/mol. The molecule has 0 N–H and O–H groups in total. The average Bonchev–Trinajstić information content (AvgIpc) is 2.51. The van der Waals surface area contributed by atoms with E-state index in [9.17, 15) is 4.55 Å². The van der Waals surface area contributed by atoms with Crippen LogP contribution in [0.15, 0.2) is 15.1 Å². The van der Waals surface area contributed by atoms with Crippen molar-refractivity contribution in [2.24, 2.45) is 4.40 Å². The summed E-state index contributed by atoms with van der Waals surface area (Å²) in [6.07, 6.45) is 0. The van der Waals surface area contributed by atoms with Crippen LogP contribution in [0.3, 0.4) is 0 Å².